The highest BCUT2D eigenvalue weighted by Gasteiger charge is 2.47. The minimum atomic E-state index is -5.92. The zero-order valence-electron chi connectivity index (χ0n) is 35.9. The molecule has 1 saturated heterocycles. The molecule has 0 saturated carbocycles. The second-order valence-corrected chi connectivity index (χ2v) is 20.4. The molecule has 28 heteroatoms. The zero-order chi connectivity index (χ0) is 48.3. The maximum Gasteiger partial charge on any atom is 0.274 e. The van der Waals surface area contributed by atoms with Crippen LogP contribution in [0.15, 0.2) is 49.6 Å². The molecule has 0 spiro atoms. The number of aliphatic hydroxyl groups is 2. The highest BCUT2D eigenvalue weighted by Crippen LogP contribution is 2.56. The van der Waals surface area contributed by atoms with Gasteiger partial charge in [0.05, 0.1) is 27.4 Å². The van der Waals surface area contributed by atoms with Gasteiger partial charge in [-0.25, -0.2) is 19.3 Å². The van der Waals surface area contributed by atoms with Gasteiger partial charge in [-0.1, -0.05) is 75.3 Å². The number of allylic oxidation sites excluding steroid dienone is 5. The van der Waals surface area contributed by atoms with Gasteiger partial charge in [0.2, 0.25) is 11.8 Å². The lowest BCUT2D eigenvalue weighted by Gasteiger charge is -2.36. The van der Waals surface area contributed by atoms with Crippen LogP contribution in [0.2, 0.25) is 0 Å². The van der Waals surface area contributed by atoms with Crippen LogP contribution in [0.25, 0.3) is 11.2 Å². The van der Waals surface area contributed by atoms with E-state index in [4.69, 9.17) is 10.5 Å². The summed E-state index contributed by atoms with van der Waals surface area (Å²) in [5.41, 5.74) is 4.08. The number of phosphoric acid groups is 3. The van der Waals surface area contributed by atoms with Crippen molar-refractivity contribution in [1.29, 1.82) is 0 Å². The lowest BCUT2D eigenvalue weighted by molar-refractivity contribution is -0.347. The number of unbranched alkanes of at least 4 members (excludes halogenated alkanes) is 5. The minimum absolute atomic E-state index is 0.0208. The largest absolute Gasteiger partial charge is 0.790 e. The van der Waals surface area contributed by atoms with Gasteiger partial charge in [0.1, 0.15) is 36.3 Å². The third-order valence-electron chi connectivity index (χ3n) is 9.40. The zero-order valence-corrected chi connectivity index (χ0v) is 39.4. The quantitative estimate of drug-likeness (QED) is 0.0399. The predicted molar refractivity (Wildman–Crippen MR) is 228 cm³/mol. The number of hydrogen-bond acceptors (Lipinski definition) is 22. The number of rotatable bonds is 31. The van der Waals surface area contributed by atoms with Crippen molar-refractivity contribution in [2.45, 2.75) is 109 Å². The summed E-state index contributed by atoms with van der Waals surface area (Å²) in [6, 6.07) is 0. The first-order valence-corrected chi connectivity index (χ1v) is 25.8. The number of ether oxygens (including phenoxy) is 1. The Morgan fingerprint density at radius 1 is 0.969 bits per heavy atom. The molecule has 65 heavy (non-hydrogen) atoms. The molecule has 0 radical (unpaired) electrons. The number of carbonyl (C=O) groups excluding carboxylic acids is 3. The Hall–Kier alpha value is -3.22. The fourth-order valence-corrected chi connectivity index (χ4v) is 9.44. The number of nitrogens with zero attached hydrogens (tertiary/aromatic N) is 4. The van der Waals surface area contributed by atoms with Crippen molar-refractivity contribution < 1.29 is 80.5 Å². The van der Waals surface area contributed by atoms with E-state index < -0.39 is 84.6 Å². The van der Waals surface area contributed by atoms with Gasteiger partial charge in [0, 0.05) is 37.1 Å². The standard InChI is InChI=1S/C37H60N7O17P3S/c1-4-5-6-7-8-9-10-11-12-13-14-15-16-17-28(46)65-21-20-39-27(45)18-19-40-35(49)32(48)37(2,3)23-58-64(55,56)61-63(53,54)57-22-26-31(60-62(50,51)52)30(47)36(59-26)44-25-43-29-33(38)41-24-42-34(29)44/h4,6-7,9-10,24-26,30-32,36,47-48H,1,5,8,11-23H2,2-3H3,(H,39,45)(H,40,49)(H,53,54)(H,55,56)(H2,38,41,42)(H2,50,51,52)/p-4/b7-6-,10-9-/t26-,30-,31-,32+,36-/m1/s1. The molecule has 0 aromatic carbocycles. The average molecular weight is 996 g/mol. The first-order valence-electron chi connectivity index (χ1n) is 20.4. The number of amides is 2. The SMILES string of the molecule is C=CC/C=C\C/C=C\CCCCCCCC(=O)SCCNC(=O)CCNC(=O)[C@H](O)C(C)(C)COP(=O)([O-])OP(=O)([O-])OC[C@H]1O[C@@H](n2cnc3c(N)ncnc32)[C@H](O)[C@@H]1OP(=O)([O-])[O-]. The number of hydrogen-bond donors (Lipinski definition) is 5. The molecule has 7 atom stereocenters. The predicted octanol–water partition coefficient (Wildman–Crippen LogP) is 0.946. The first kappa shape index (κ1) is 56.1. The molecular formula is C37H56N7O17P3S-4. The second-order valence-electron chi connectivity index (χ2n) is 15.2. The summed E-state index contributed by atoms with van der Waals surface area (Å²) in [6.07, 6.45) is 11.1. The first-order chi connectivity index (χ1) is 30.6. The van der Waals surface area contributed by atoms with E-state index in [0.717, 1.165) is 80.4 Å². The Morgan fingerprint density at radius 3 is 2.37 bits per heavy atom. The van der Waals surface area contributed by atoms with E-state index in [0.29, 0.717) is 12.2 Å². The number of anilines is 1. The molecule has 1 aliphatic heterocycles. The van der Waals surface area contributed by atoms with Crippen LogP contribution in [0.1, 0.15) is 84.3 Å². The smallest absolute Gasteiger partial charge is 0.274 e. The van der Waals surface area contributed by atoms with Crippen LogP contribution < -0.4 is 35.9 Å². The van der Waals surface area contributed by atoms with Crippen molar-refractivity contribution in [1.82, 2.24) is 30.2 Å². The summed E-state index contributed by atoms with van der Waals surface area (Å²) in [7, 11) is -17.6. The molecule has 1 aliphatic rings. The number of nitrogens with one attached hydrogen (secondary N) is 2. The average Bonchev–Trinajstić information content (AvgIpc) is 3.79. The summed E-state index contributed by atoms with van der Waals surface area (Å²) in [6.45, 7) is 3.81. The van der Waals surface area contributed by atoms with Gasteiger partial charge in [-0.3, -0.25) is 28.1 Å². The maximum atomic E-state index is 12.6. The van der Waals surface area contributed by atoms with Crippen molar-refractivity contribution in [3.63, 3.8) is 0 Å². The summed E-state index contributed by atoms with van der Waals surface area (Å²) in [5.74, 6) is -1.17. The molecule has 24 nitrogen and oxygen atoms in total. The van der Waals surface area contributed by atoms with Crippen molar-refractivity contribution >= 4 is 69.1 Å². The number of fused-ring (bicyclic) bond motifs is 1. The third kappa shape index (κ3) is 20.3. The molecule has 2 unspecified atom stereocenters. The van der Waals surface area contributed by atoms with Gasteiger partial charge in [0.15, 0.2) is 22.8 Å². The van der Waals surface area contributed by atoms with Crippen LogP contribution in [0.3, 0.4) is 0 Å². The highest BCUT2D eigenvalue weighted by molar-refractivity contribution is 8.13. The van der Waals surface area contributed by atoms with Gasteiger partial charge in [-0.2, -0.15) is 0 Å². The normalized spacial score (nSPS) is 20.5. The molecule has 2 aromatic rings. The monoisotopic (exact) mass is 995 g/mol. The fraction of sp³-hybridized carbons (Fsp3) is 0.622. The van der Waals surface area contributed by atoms with Gasteiger partial charge >= 0.3 is 0 Å². The molecular weight excluding hydrogens is 939 g/mol. The number of phosphoric ester groups is 3. The molecule has 3 heterocycles. The van der Waals surface area contributed by atoms with Crippen LogP contribution in [0.4, 0.5) is 5.82 Å². The summed E-state index contributed by atoms with van der Waals surface area (Å²) in [5, 5.41) is 26.4. The van der Waals surface area contributed by atoms with Gasteiger partial charge in [0.25, 0.3) is 15.6 Å². The Morgan fingerprint density at radius 2 is 1.65 bits per heavy atom. The number of nitrogen functional groups attached to an aromatic ring is 1. The molecule has 366 valence electrons. The van der Waals surface area contributed by atoms with E-state index >= 15 is 0 Å². The van der Waals surface area contributed by atoms with Crippen molar-refractivity contribution in [3.8, 4) is 0 Å². The molecule has 1 fully saturated rings. The number of nitrogens with two attached hydrogens (primary N) is 1. The Bertz CT molecular complexity index is 2090. The van der Waals surface area contributed by atoms with Crippen LogP contribution in [0, 0.1) is 5.41 Å². The number of aliphatic hydroxyl groups excluding tert-OH is 2. The second kappa shape index (κ2) is 26.9. The van der Waals surface area contributed by atoms with Gasteiger partial charge in [-0.05, 0) is 32.1 Å². The highest BCUT2D eigenvalue weighted by atomic mass is 32.2. The topological polar surface area (TPSA) is 375 Å². The molecule has 0 bridgehead atoms. The Kier molecular flexibility index (Phi) is 23.3. The van der Waals surface area contributed by atoms with Crippen molar-refractivity contribution in [2.24, 2.45) is 5.41 Å². The van der Waals surface area contributed by atoms with E-state index in [1.165, 1.54) is 13.8 Å². The van der Waals surface area contributed by atoms with Crippen LogP contribution >= 0.6 is 35.2 Å². The lowest BCUT2D eigenvalue weighted by atomic mass is 9.87. The molecule has 3 rings (SSSR count). The maximum absolute atomic E-state index is 12.6. The van der Waals surface area contributed by atoms with E-state index in [9.17, 15) is 57.9 Å². The van der Waals surface area contributed by atoms with E-state index in [2.05, 4.69) is 74.4 Å². The number of aromatic nitrogens is 4. The molecule has 2 amide bonds. The van der Waals surface area contributed by atoms with Crippen LogP contribution in [-0.2, 0) is 50.7 Å². The van der Waals surface area contributed by atoms with Crippen LogP contribution in [-0.4, -0.2) is 103 Å². The summed E-state index contributed by atoms with van der Waals surface area (Å²) >= 11 is 1.12. The molecule has 6 N–H and O–H groups in total. The van der Waals surface area contributed by atoms with Gasteiger partial charge < -0.3 is 69.0 Å². The number of carbonyl (C=O) groups is 3. The van der Waals surface area contributed by atoms with Crippen molar-refractivity contribution in [2.75, 3.05) is 37.8 Å². The molecule has 0 aliphatic carbocycles. The Balaban J connectivity index is 1.34. The van der Waals surface area contributed by atoms with E-state index in [1.807, 2.05) is 6.08 Å². The van der Waals surface area contributed by atoms with Crippen molar-refractivity contribution in [3.05, 3.63) is 49.6 Å². The lowest BCUT2D eigenvalue weighted by Crippen LogP contribution is -2.46. The summed E-state index contributed by atoms with van der Waals surface area (Å²) < 4.78 is 60.7. The fourth-order valence-electron chi connectivity index (χ4n) is 5.99. The Labute approximate surface area is 380 Å². The summed E-state index contributed by atoms with van der Waals surface area (Å²) in [4.78, 5) is 96.7. The van der Waals surface area contributed by atoms with Gasteiger partial charge in [-0.15, -0.1) is 6.58 Å². The molecule has 2 aromatic heterocycles. The third-order valence-corrected chi connectivity index (χ3v) is 13.3. The minimum Gasteiger partial charge on any atom is -0.790 e. The van der Waals surface area contributed by atoms with E-state index in [-0.39, 0.29) is 41.6 Å². The van der Waals surface area contributed by atoms with E-state index in [1.54, 1.807) is 0 Å². The number of imidazole rings is 1. The number of thioether (sulfide) groups is 1. The van der Waals surface area contributed by atoms with Crippen LogP contribution in [0.5, 0.6) is 0 Å².